The minimum Gasteiger partial charge on any atom is -0.0587 e. The van der Waals surface area contributed by atoms with Crippen LogP contribution in [0.2, 0.25) is 0 Å². The lowest BCUT2D eigenvalue weighted by molar-refractivity contribution is 0.432. The van der Waals surface area contributed by atoms with Gasteiger partial charge in [0.15, 0.2) is 0 Å². The smallest absolute Gasteiger partial charge is 0.0258 e. The molecule has 0 spiro atoms. The van der Waals surface area contributed by atoms with E-state index in [4.69, 9.17) is 0 Å². The van der Waals surface area contributed by atoms with Crippen molar-refractivity contribution in [2.45, 2.75) is 97.3 Å². The molecular formula is C33H40. The first-order chi connectivity index (χ1) is 15.4. The minimum absolute atomic E-state index is 0.0992. The molecule has 0 aliphatic heterocycles. The summed E-state index contributed by atoms with van der Waals surface area (Å²) in [5.74, 6) is 0. The second-order valence-electron chi connectivity index (χ2n) is 12.9. The molecule has 1 atom stereocenters. The predicted molar refractivity (Wildman–Crippen MR) is 143 cm³/mol. The van der Waals surface area contributed by atoms with Crippen molar-refractivity contribution in [3.05, 3.63) is 93.0 Å². The molecule has 5 rings (SSSR count). The highest BCUT2D eigenvalue weighted by molar-refractivity contribution is 5.84. The zero-order valence-corrected chi connectivity index (χ0v) is 21.9. The van der Waals surface area contributed by atoms with Gasteiger partial charge < -0.3 is 0 Å². The summed E-state index contributed by atoms with van der Waals surface area (Å²) in [5, 5.41) is 0. The van der Waals surface area contributed by atoms with E-state index in [1.165, 1.54) is 58.2 Å². The Morgan fingerprint density at radius 2 is 1.39 bits per heavy atom. The van der Waals surface area contributed by atoms with E-state index in [0.717, 1.165) is 6.42 Å². The summed E-state index contributed by atoms with van der Waals surface area (Å²) in [4.78, 5) is 0. The Kier molecular flexibility index (Phi) is 4.99. The van der Waals surface area contributed by atoms with Crippen LogP contribution in [0.25, 0.3) is 11.1 Å². The molecule has 172 valence electrons. The first kappa shape index (κ1) is 22.5. The van der Waals surface area contributed by atoms with E-state index >= 15 is 0 Å². The van der Waals surface area contributed by atoms with E-state index in [0.29, 0.717) is 0 Å². The van der Waals surface area contributed by atoms with Crippen molar-refractivity contribution in [2.24, 2.45) is 0 Å². The standard InChI is InChI=1S/C33H40/c1-21-11-13-27-28-14-12-22(2)26-10-9-15-33(30(26)28,29(27)16-21)20-23-17-24(31(3,4)5)19-25(18-23)32(6,7)8/h11-14,16-19H,9-10,15,20H2,1-8H3. The topological polar surface area (TPSA) is 0 Å². The Balaban J connectivity index is 1.76. The molecule has 3 aromatic carbocycles. The summed E-state index contributed by atoms with van der Waals surface area (Å²) in [6, 6.07) is 19.4. The lowest BCUT2D eigenvalue weighted by atomic mass is 9.64. The third-order valence-electron chi connectivity index (χ3n) is 8.27. The van der Waals surface area contributed by atoms with Crippen molar-refractivity contribution < 1.29 is 0 Å². The molecule has 0 heterocycles. The van der Waals surface area contributed by atoms with Gasteiger partial charge in [-0.15, -0.1) is 0 Å². The zero-order chi connectivity index (χ0) is 23.8. The normalized spacial score (nSPS) is 19.4. The van der Waals surface area contributed by atoms with E-state index in [1.807, 2.05) is 0 Å². The SMILES string of the molecule is Cc1ccc2c(c1)C1(Cc3cc(C(C)(C)C)cc(C(C)(C)C)c3)CCCc3c(C)ccc-2c31. The molecule has 0 radical (unpaired) electrons. The zero-order valence-electron chi connectivity index (χ0n) is 21.9. The predicted octanol–water partition coefficient (Wildman–Crippen LogP) is 8.74. The van der Waals surface area contributed by atoms with E-state index in [-0.39, 0.29) is 16.2 Å². The molecule has 0 N–H and O–H groups in total. The molecular weight excluding hydrogens is 396 g/mol. The third-order valence-corrected chi connectivity index (χ3v) is 8.27. The fourth-order valence-electron chi connectivity index (χ4n) is 6.38. The van der Waals surface area contributed by atoms with Crippen LogP contribution in [0.5, 0.6) is 0 Å². The largest absolute Gasteiger partial charge is 0.0587 e. The van der Waals surface area contributed by atoms with Crippen molar-refractivity contribution in [3.8, 4) is 11.1 Å². The molecule has 0 amide bonds. The van der Waals surface area contributed by atoms with Gasteiger partial charge in [0.2, 0.25) is 0 Å². The maximum atomic E-state index is 2.52. The van der Waals surface area contributed by atoms with Gasteiger partial charge in [0, 0.05) is 5.41 Å². The van der Waals surface area contributed by atoms with Crippen LogP contribution in [0.15, 0.2) is 48.5 Å². The summed E-state index contributed by atoms with van der Waals surface area (Å²) < 4.78 is 0. The van der Waals surface area contributed by atoms with Crippen LogP contribution in [-0.2, 0) is 29.1 Å². The molecule has 0 heteroatoms. The van der Waals surface area contributed by atoms with Gasteiger partial charge in [-0.05, 0) is 100 Å². The van der Waals surface area contributed by atoms with Crippen LogP contribution in [0, 0.1) is 13.8 Å². The monoisotopic (exact) mass is 436 g/mol. The van der Waals surface area contributed by atoms with Gasteiger partial charge in [-0.2, -0.15) is 0 Å². The Labute approximate surface area is 201 Å². The van der Waals surface area contributed by atoms with Crippen molar-refractivity contribution in [2.75, 3.05) is 0 Å². The van der Waals surface area contributed by atoms with Crippen LogP contribution in [0.3, 0.4) is 0 Å². The highest BCUT2D eigenvalue weighted by atomic mass is 14.5. The lowest BCUT2D eigenvalue weighted by Gasteiger charge is -2.39. The summed E-state index contributed by atoms with van der Waals surface area (Å²) in [6.45, 7) is 18.7. The van der Waals surface area contributed by atoms with Crippen molar-refractivity contribution in [3.63, 3.8) is 0 Å². The number of benzene rings is 3. The number of aryl methyl sites for hydroxylation is 2. The summed E-state index contributed by atoms with van der Waals surface area (Å²) in [6.07, 6.45) is 4.84. The molecule has 2 aliphatic rings. The van der Waals surface area contributed by atoms with Gasteiger partial charge >= 0.3 is 0 Å². The Morgan fingerprint density at radius 3 is 2.03 bits per heavy atom. The number of rotatable bonds is 2. The Bertz CT molecular complexity index is 1210. The van der Waals surface area contributed by atoms with Crippen LogP contribution < -0.4 is 0 Å². The van der Waals surface area contributed by atoms with E-state index in [1.54, 1.807) is 16.7 Å². The average molecular weight is 437 g/mol. The molecule has 3 aromatic rings. The van der Waals surface area contributed by atoms with Crippen molar-refractivity contribution in [1.29, 1.82) is 0 Å². The maximum absolute atomic E-state index is 2.52. The highest BCUT2D eigenvalue weighted by Gasteiger charge is 2.46. The van der Waals surface area contributed by atoms with E-state index < -0.39 is 0 Å². The second-order valence-corrected chi connectivity index (χ2v) is 12.9. The lowest BCUT2D eigenvalue weighted by Crippen LogP contribution is -2.33. The van der Waals surface area contributed by atoms with Crippen LogP contribution >= 0.6 is 0 Å². The fourth-order valence-corrected chi connectivity index (χ4v) is 6.38. The summed E-state index contributed by atoms with van der Waals surface area (Å²) >= 11 is 0. The molecule has 0 nitrogen and oxygen atoms in total. The fraction of sp³-hybridized carbons (Fsp3) is 0.455. The van der Waals surface area contributed by atoms with E-state index in [2.05, 4.69) is 104 Å². The van der Waals surface area contributed by atoms with Crippen LogP contribution in [0.4, 0.5) is 0 Å². The second kappa shape index (κ2) is 7.33. The van der Waals surface area contributed by atoms with Crippen LogP contribution in [0.1, 0.15) is 98.9 Å². The van der Waals surface area contributed by atoms with Gasteiger partial charge in [0.1, 0.15) is 0 Å². The Morgan fingerprint density at radius 1 is 0.758 bits per heavy atom. The molecule has 33 heavy (non-hydrogen) atoms. The van der Waals surface area contributed by atoms with Crippen LogP contribution in [-0.4, -0.2) is 0 Å². The van der Waals surface area contributed by atoms with E-state index in [9.17, 15) is 0 Å². The summed E-state index contributed by atoms with van der Waals surface area (Å²) in [5.41, 5.74) is 15.5. The Hall–Kier alpha value is -2.34. The summed E-state index contributed by atoms with van der Waals surface area (Å²) in [7, 11) is 0. The first-order valence-corrected chi connectivity index (χ1v) is 12.8. The van der Waals surface area contributed by atoms with Gasteiger partial charge in [0.25, 0.3) is 0 Å². The van der Waals surface area contributed by atoms with Gasteiger partial charge in [0.05, 0.1) is 0 Å². The molecule has 0 saturated heterocycles. The van der Waals surface area contributed by atoms with Gasteiger partial charge in [-0.1, -0.05) is 95.6 Å². The number of fused-ring (bicyclic) bond motifs is 3. The average Bonchev–Trinajstić information content (AvgIpc) is 2.99. The molecule has 1 unspecified atom stereocenters. The quantitative estimate of drug-likeness (QED) is 0.377. The van der Waals surface area contributed by atoms with Crippen molar-refractivity contribution >= 4 is 0 Å². The highest BCUT2D eigenvalue weighted by Crippen LogP contribution is 2.57. The van der Waals surface area contributed by atoms with Gasteiger partial charge in [-0.25, -0.2) is 0 Å². The maximum Gasteiger partial charge on any atom is 0.0258 e. The first-order valence-electron chi connectivity index (χ1n) is 12.8. The third kappa shape index (κ3) is 3.58. The molecule has 2 aliphatic carbocycles. The number of hydrogen-bond donors (Lipinski definition) is 0. The number of hydrogen-bond acceptors (Lipinski definition) is 0. The molecule has 0 saturated carbocycles. The molecule has 0 bridgehead atoms. The molecule has 0 fully saturated rings. The van der Waals surface area contributed by atoms with Crippen molar-refractivity contribution in [1.82, 2.24) is 0 Å². The minimum atomic E-state index is 0.0992. The molecule has 0 aromatic heterocycles. The van der Waals surface area contributed by atoms with Gasteiger partial charge in [-0.3, -0.25) is 0 Å².